The van der Waals surface area contributed by atoms with Gasteiger partial charge in [0.25, 0.3) is 0 Å². The number of carbonyl (C=O) groups is 1. The molecule has 4 nitrogen and oxygen atoms in total. The van der Waals surface area contributed by atoms with Crippen molar-refractivity contribution in [2.45, 2.75) is 25.9 Å². The van der Waals surface area contributed by atoms with Gasteiger partial charge >= 0.3 is 0 Å². The van der Waals surface area contributed by atoms with E-state index in [9.17, 15) is 4.79 Å². The molecule has 0 heterocycles. The first kappa shape index (κ1) is 15.1. The highest BCUT2D eigenvalue weighted by Crippen LogP contribution is 2.21. The summed E-state index contributed by atoms with van der Waals surface area (Å²) in [6, 6.07) is 5.21. The number of amides is 1. The molecule has 1 amide bonds. The van der Waals surface area contributed by atoms with Gasteiger partial charge in [-0.05, 0) is 13.0 Å². The predicted octanol–water partition coefficient (Wildman–Crippen LogP) is 1.31. The fourth-order valence-electron chi connectivity index (χ4n) is 1.86. The SMILES string of the molecule is C#CCC(N)C(=O)N(C)Cc1cc(C)ccc1OC. The Hall–Kier alpha value is -1.99. The third-order valence-electron chi connectivity index (χ3n) is 2.87. The van der Waals surface area contributed by atoms with Gasteiger partial charge in [0.05, 0.1) is 13.2 Å². The molecule has 0 bridgehead atoms. The van der Waals surface area contributed by atoms with Crippen LogP contribution >= 0.6 is 0 Å². The number of aryl methyl sites for hydroxylation is 1. The molecule has 0 aliphatic carbocycles. The van der Waals surface area contributed by atoms with Crippen LogP contribution in [0.1, 0.15) is 17.5 Å². The maximum absolute atomic E-state index is 12.0. The molecule has 1 unspecified atom stereocenters. The topological polar surface area (TPSA) is 55.6 Å². The lowest BCUT2D eigenvalue weighted by Gasteiger charge is -2.21. The van der Waals surface area contributed by atoms with Gasteiger partial charge in [0.2, 0.25) is 5.91 Å². The second-order valence-corrected chi connectivity index (χ2v) is 4.52. The largest absolute Gasteiger partial charge is 0.496 e. The quantitative estimate of drug-likeness (QED) is 0.812. The molecule has 102 valence electrons. The van der Waals surface area contributed by atoms with E-state index in [1.165, 1.54) is 0 Å². The van der Waals surface area contributed by atoms with Crippen molar-refractivity contribution in [3.63, 3.8) is 0 Å². The van der Waals surface area contributed by atoms with Crippen LogP contribution in [0.25, 0.3) is 0 Å². The molecule has 0 aliphatic heterocycles. The molecular weight excluding hydrogens is 240 g/mol. The molecule has 1 aromatic carbocycles. The first-order valence-electron chi connectivity index (χ1n) is 6.07. The van der Waals surface area contributed by atoms with Gasteiger partial charge in [0, 0.05) is 25.6 Å². The first-order chi connectivity index (χ1) is 8.99. The van der Waals surface area contributed by atoms with Crippen LogP contribution < -0.4 is 10.5 Å². The number of nitrogens with zero attached hydrogens (tertiary/aromatic N) is 1. The van der Waals surface area contributed by atoms with Gasteiger partial charge in [-0.2, -0.15) is 0 Å². The number of ether oxygens (including phenoxy) is 1. The van der Waals surface area contributed by atoms with Crippen LogP contribution in [0.5, 0.6) is 5.75 Å². The minimum atomic E-state index is -0.647. The molecule has 0 spiro atoms. The van der Waals surface area contributed by atoms with Gasteiger partial charge in [-0.1, -0.05) is 17.7 Å². The standard InChI is InChI=1S/C15H20N2O2/c1-5-6-13(16)15(18)17(3)10-12-9-11(2)7-8-14(12)19-4/h1,7-9,13H,6,10,16H2,2-4H3. The summed E-state index contributed by atoms with van der Waals surface area (Å²) in [7, 11) is 3.32. The highest BCUT2D eigenvalue weighted by Gasteiger charge is 2.18. The van der Waals surface area contributed by atoms with E-state index in [4.69, 9.17) is 16.9 Å². The van der Waals surface area contributed by atoms with E-state index in [0.29, 0.717) is 6.54 Å². The third kappa shape index (κ3) is 4.01. The number of hydrogen-bond acceptors (Lipinski definition) is 3. The summed E-state index contributed by atoms with van der Waals surface area (Å²) in [6.07, 6.45) is 5.41. The Bertz CT molecular complexity index is 491. The van der Waals surface area contributed by atoms with Gasteiger partial charge < -0.3 is 15.4 Å². The highest BCUT2D eigenvalue weighted by atomic mass is 16.5. The average molecular weight is 260 g/mol. The van der Waals surface area contributed by atoms with E-state index in [0.717, 1.165) is 16.9 Å². The fraction of sp³-hybridized carbons (Fsp3) is 0.400. The Morgan fingerprint density at radius 2 is 2.26 bits per heavy atom. The Morgan fingerprint density at radius 3 is 2.84 bits per heavy atom. The zero-order valence-electron chi connectivity index (χ0n) is 11.6. The molecule has 0 radical (unpaired) electrons. The fourth-order valence-corrected chi connectivity index (χ4v) is 1.86. The summed E-state index contributed by atoms with van der Waals surface area (Å²) >= 11 is 0. The number of carbonyl (C=O) groups excluding carboxylic acids is 1. The van der Waals surface area contributed by atoms with E-state index < -0.39 is 6.04 Å². The number of nitrogens with two attached hydrogens (primary N) is 1. The van der Waals surface area contributed by atoms with Crippen LogP contribution in [0.2, 0.25) is 0 Å². The Labute approximate surface area is 114 Å². The van der Waals surface area contributed by atoms with Crippen LogP contribution in [-0.2, 0) is 11.3 Å². The Morgan fingerprint density at radius 1 is 1.58 bits per heavy atom. The molecule has 0 saturated carbocycles. The molecule has 2 N–H and O–H groups in total. The van der Waals surface area contributed by atoms with Crippen molar-refractivity contribution in [1.82, 2.24) is 4.90 Å². The van der Waals surface area contributed by atoms with Crippen molar-refractivity contribution in [2.75, 3.05) is 14.2 Å². The Kier molecular flexibility index (Phi) is 5.40. The van der Waals surface area contributed by atoms with Crippen molar-refractivity contribution in [3.8, 4) is 18.1 Å². The lowest BCUT2D eigenvalue weighted by Crippen LogP contribution is -2.41. The zero-order valence-corrected chi connectivity index (χ0v) is 11.6. The second kappa shape index (κ2) is 6.81. The smallest absolute Gasteiger partial charge is 0.240 e. The number of rotatable bonds is 5. The van der Waals surface area contributed by atoms with E-state index in [1.807, 2.05) is 25.1 Å². The van der Waals surface area contributed by atoms with Crippen molar-refractivity contribution in [3.05, 3.63) is 29.3 Å². The Balaban J connectivity index is 2.82. The van der Waals surface area contributed by atoms with E-state index in [1.54, 1.807) is 19.1 Å². The van der Waals surface area contributed by atoms with E-state index >= 15 is 0 Å². The summed E-state index contributed by atoms with van der Waals surface area (Å²) in [6.45, 7) is 2.44. The molecule has 1 rings (SSSR count). The van der Waals surface area contributed by atoms with Crippen LogP contribution in [-0.4, -0.2) is 31.0 Å². The molecule has 0 aromatic heterocycles. The van der Waals surface area contributed by atoms with Crippen molar-refractivity contribution in [2.24, 2.45) is 5.73 Å². The average Bonchev–Trinajstić information content (AvgIpc) is 2.38. The maximum atomic E-state index is 12.0. The van der Waals surface area contributed by atoms with Crippen LogP contribution in [0, 0.1) is 19.3 Å². The zero-order chi connectivity index (χ0) is 14.4. The summed E-state index contributed by atoms with van der Waals surface area (Å²) in [4.78, 5) is 13.6. The predicted molar refractivity (Wildman–Crippen MR) is 75.6 cm³/mol. The van der Waals surface area contributed by atoms with E-state index in [2.05, 4.69) is 5.92 Å². The summed E-state index contributed by atoms with van der Waals surface area (Å²) in [5.74, 6) is 3.00. The lowest BCUT2D eigenvalue weighted by atomic mass is 10.1. The number of terminal acetylenes is 1. The molecule has 0 fully saturated rings. The van der Waals surface area contributed by atoms with Gasteiger partial charge in [0.15, 0.2) is 0 Å². The number of hydrogen-bond donors (Lipinski definition) is 1. The summed E-state index contributed by atoms with van der Waals surface area (Å²) in [5.41, 5.74) is 7.78. The van der Waals surface area contributed by atoms with Crippen LogP contribution in [0.4, 0.5) is 0 Å². The molecular formula is C15H20N2O2. The highest BCUT2D eigenvalue weighted by molar-refractivity contribution is 5.81. The van der Waals surface area contributed by atoms with Crippen LogP contribution in [0.15, 0.2) is 18.2 Å². The number of benzene rings is 1. The minimum absolute atomic E-state index is 0.165. The van der Waals surface area contributed by atoms with Crippen molar-refractivity contribution >= 4 is 5.91 Å². The summed E-state index contributed by atoms with van der Waals surface area (Å²) < 4.78 is 5.29. The second-order valence-electron chi connectivity index (χ2n) is 4.52. The number of methoxy groups -OCH3 is 1. The van der Waals surface area contributed by atoms with Gasteiger partial charge in [-0.25, -0.2) is 0 Å². The van der Waals surface area contributed by atoms with Gasteiger partial charge in [0.1, 0.15) is 5.75 Å². The summed E-state index contributed by atoms with van der Waals surface area (Å²) in [5, 5.41) is 0. The first-order valence-corrected chi connectivity index (χ1v) is 6.07. The van der Waals surface area contributed by atoms with Crippen LogP contribution in [0.3, 0.4) is 0 Å². The normalized spacial score (nSPS) is 11.5. The third-order valence-corrected chi connectivity index (χ3v) is 2.87. The molecule has 0 saturated heterocycles. The van der Waals surface area contributed by atoms with E-state index in [-0.39, 0.29) is 12.3 Å². The molecule has 4 heteroatoms. The minimum Gasteiger partial charge on any atom is -0.496 e. The molecule has 19 heavy (non-hydrogen) atoms. The molecule has 1 atom stereocenters. The van der Waals surface area contributed by atoms with Gasteiger partial charge in [-0.3, -0.25) is 4.79 Å². The molecule has 1 aromatic rings. The number of likely N-dealkylation sites (N-methyl/N-ethyl adjacent to an activating group) is 1. The van der Waals surface area contributed by atoms with Crippen molar-refractivity contribution in [1.29, 1.82) is 0 Å². The maximum Gasteiger partial charge on any atom is 0.240 e. The monoisotopic (exact) mass is 260 g/mol. The van der Waals surface area contributed by atoms with Crippen molar-refractivity contribution < 1.29 is 9.53 Å². The van der Waals surface area contributed by atoms with Gasteiger partial charge in [-0.15, -0.1) is 12.3 Å². The molecule has 0 aliphatic rings. The lowest BCUT2D eigenvalue weighted by molar-refractivity contribution is -0.131.